The van der Waals surface area contributed by atoms with Crippen LogP contribution >= 0.6 is 36.3 Å². The van der Waals surface area contributed by atoms with Crippen LogP contribution < -0.4 is 5.50 Å². The summed E-state index contributed by atoms with van der Waals surface area (Å²) in [6, 6.07) is 3.79. The summed E-state index contributed by atoms with van der Waals surface area (Å²) in [4.78, 5) is 0. The summed E-state index contributed by atoms with van der Waals surface area (Å²) in [5.74, 6) is 0. The van der Waals surface area contributed by atoms with Gasteiger partial charge >= 0.3 is 0 Å². The van der Waals surface area contributed by atoms with Crippen LogP contribution in [-0.2, 0) is 0 Å². The molecule has 0 fully saturated rings. The minimum Gasteiger partial charge on any atom is -0.463 e. The van der Waals surface area contributed by atoms with E-state index in [2.05, 4.69) is 31.0 Å². The van der Waals surface area contributed by atoms with Crippen molar-refractivity contribution in [2.75, 3.05) is 0 Å². The Morgan fingerprint density at radius 1 is 1.50 bits per heavy atom. The number of halogens is 2. The highest BCUT2D eigenvalue weighted by Crippen LogP contribution is 2.50. The lowest BCUT2D eigenvalue weighted by Crippen LogP contribution is -1.82. The smallest absolute Gasteiger partial charge is 0.147 e. The van der Waals surface area contributed by atoms with Crippen LogP contribution in [-0.4, -0.2) is 0 Å². The Labute approximate surface area is 64.7 Å². The number of furan rings is 1. The fourth-order valence-electron chi connectivity index (χ4n) is 0.366. The Balaban J connectivity index is 2.77. The van der Waals surface area contributed by atoms with E-state index >= 15 is 0 Å². The molecule has 0 saturated carbocycles. The van der Waals surface area contributed by atoms with Crippen molar-refractivity contribution in [2.45, 2.75) is 0 Å². The molecule has 0 bridgehead atoms. The monoisotopic (exact) mass is 256 g/mol. The normalized spacial score (nSPS) is 10.4. The molecule has 8 heavy (non-hydrogen) atoms. The first kappa shape index (κ1) is 6.79. The number of hydrogen-bond acceptors (Lipinski definition) is 1. The Bertz CT molecular complexity index is 149. The second-order valence-electron chi connectivity index (χ2n) is 1.18. The molecule has 1 aromatic heterocycles. The molecular formula is C4H3Br2OP. The topological polar surface area (TPSA) is 13.1 Å². The molecule has 1 heterocycles. The third kappa shape index (κ3) is 1.57. The lowest BCUT2D eigenvalue weighted by molar-refractivity contribution is 0.604. The van der Waals surface area contributed by atoms with Gasteiger partial charge in [-0.25, -0.2) is 0 Å². The maximum Gasteiger partial charge on any atom is 0.147 e. The van der Waals surface area contributed by atoms with E-state index in [4.69, 9.17) is 4.42 Å². The van der Waals surface area contributed by atoms with E-state index in [0.29, 0.717) is 0 Å². The molecular weight excluding hydrogens is 255 g/mol. The lowest BCUT2D eigenvalue weighted by Gasteiger charge is -1.90. The maximum absolute atomic E-state index is 5.03. The summed E-state index contributed by atoms with van der Waals surface area (Å²) in [6.45, 7) is 0. The van der Waals surface area contributed by atoms with Crippen LogP contribution in [0, 0.1) is 0 Å². The summed E-state index contributed by atoms with van der Waals surface area (Å²) in [7, 11) is 0. The van der Waals surface area contributed by atoms with Gasteiger partial charge in [0.1, 0.15) is 10.8 Å². The molecule has 0 radical (unpaired) electrons. The zero-order chi connectivity index (χ0) is 5.98. The van der Waals surface area contributed by atoms with Crippen LogP contribution in [0.25, 0.3) is 0 Å². The van der Waals surface area contributed by atoms with Gasteiger partial charge in [0.25, 0.3) is 0 Å². The zero-order valence-corrected chi connectivity index (χ0v) is 7.91. The van der Waals surface area contributed by atoms with E-state index in [9.17, 15) is 0 Å². The van der Waals surface area contributed by atoms with Crippen LogP contribution in [0.3, 0.4) is 0 Å². The average molecular weight is 258 g/mol. The van der Waals surface area contributed by atoms with Gasteiger partial charge in [-0.3, -0.25) is 0 Å². The molecule has 0 amide bonds. The molecule has 1 nitrogen and oxygen atoms in total. The summed E-state index contributed by atoms with van der Waals surface area (Å²) in [6.07, 6.45) is 1.66. The lowest BCUT2D eigenvalue weighted by atomic mass is 10.7. The molecule has 0 aliphatic carbocycles. The predicted molar refractivity (Wildman–Crippen MR) is 43.1 cm³/mol. The Morgan fingerprint density at radius 3 is 2.50 bits per heavy atom. The van der Waals surface area contributed by atoms with E-state index in [1.165, 1.54) is 0 Å². The highest BCUT2D eigenvalue weighted by molar-refractivity contribution is 9.70. The van der Waals surface area contributed by atoms with Crippen molar-refractivity contribution >= 4 is 41.8 Å². The van der Waals surface area contributed by atoms with Crippen LogP contribution in [0.15, 0.2) is 22.8 Å². The van der Waals surface area contributed by atoms with Gasteiger partial charge in [0.2, 0.25) is 0 Å². The Hall–Kier alpha value is 0.670. The molecule has 0 N–H and O–H groups in total. The van der Waals surface area contributed by atoms with Crippen LogP contribution in [0.4, 0.5) is 0 Å². The third-order valence-electron chi connectivity index (χ3n) is 0.673. The summed E-state index contributed by atoms with van der Waals surface area (Å²) in [5, 5.41) is -0.400. The molecule has 1 rings (SSSR count). The Morgan fingerprint density at radius 2 is 2.25 bits per heavy atom. The average Bonchev–Trinajstić information content (AvgIpc) is 2.12. The molecule has 0 aliphatic heterocycles. The summed E-state index contributed by atoms with van der Waals surface area (Å²) >= 11 is 6.70. The molecule has 0 unspecified atom stereocenters. The Kier molecular flexibility index (Phi) is 2.54. The molecule has 0 aromatic carbocycles. The van der Waals surface area contributed by atoms with E-state index in [-0.39, 0.29) is 0 Å². The van der Waals surface area contributed by atoms with E-state index < -0.39 is 5.33 Å². The fraction of sp³-hybridized carbons (Fsp3) is 0. The van der Waals surface area contributed by atoms with Gasteiger partial charge in [-0.15, -0.1) is 0 Å². The van der Waals surface area contributed by atoms with Gasteiger partial charge < -0.3 is 4.42 Å². The molecule has 0 spiro atoms. The molecule has 44 valence electrons. The highest BCUT2D eigenvalue weighted by Gasteiger charge is 2.02. The van der Waals surface area contributed by atoms with Crippen molar-refractivity contribution in [3.63, 3.8) is 0 Å². The van der Waals surface area contributed by atoms with Gasteiger partial charge in [-0.2, -0.15) is 0 Å². The van der Waals surface area contributed by atoms with Gasteiger partial charge in [-0.05, 0) is 43.1 Å². The molecule has 0 aliphatic rings. The zero-order valence-electron chi connectivity index (χ0n) is 3.84. The second-order valence-corrected chi connectivity index (χ2v) is 9.20. The fourth-order valence-corrected chi connectivity index (χ4v) is 1.92. The largest absolute Gasteiger partial charge is 0.463 e. The maximum atomic E-state index is 5.03. The van der Waals surface area contributed by atoms with Crippen molar-refractivity contribution in [1.82, 2.24) is 0 Å². The number of rotatable bonds is 1. The minimum absolute atomic E-state index is 0.400. The quantitative estimate of drug-likeness (QED) is 0.705. The van der Waals surface area contributed by atoms with Crippen molar-refractivity contribution in [2.24, 2.45) is 0 Å². The predicted octanol–water partition coefficient (Wildman–Crippen LogP) is 3.01. The molecule has 0 atom stereocenters. The number of hydrogen-bond donors (Lipinski definition) is 0. The van der Waals surface area contributed by atoms with E-state index in [1.54, 1.807) is 6.26 Å². The van der Waals surface area contributed by atoms with Crippen LogP contribution in [0.1, 0.15) is 0 Å². The molecule has 1 aromatic rings. The molecule has 0 saturated heterocycles. The van der Waals surface area contributed by atoms with E-state index in [0.717, 1.165) is 5.50 Å². The third-order valence-corrected chi connectivity index (χ3v) is 3.36. The minimum atomic E-state index is -0.400. The van der Waals surface area contributed by atoms with Crippen molar-refractivity contribution in [3.8, 4) is 0 Å². The first-order chi connectivity index (χ1) is 3.80. The van der Waals surface area contributed by atoms with Gasteiger partial charge in [0.05, 0.1) is 6.26 Å². The van der Waals surface area contributed by atoms with Crippen molar-refractivity contribution < 1.29 is 4.42 Å². The van der Waals surface area contributed by atoms with E-state index in [1.807, 2.05) is 12.1 Å². The van der Waals surface area contributed by atoms with Crippen LogP contribution in [0.2, 0.25) is 0 Å². The van der Waals surface area contributed by atoms with Gasteiger partial charge in [-0.1, -0.05) is 0 Å². The molecule has 4 heteroatoms. The standard InChI is InChI=1S/C4H3Br2OP/c5-8(6)4-2-1-3-7-4/h1-3H. The van der Waals surface area contributed by atoms with Gasteiger partial charge in [0, 0.05) is 0 Å². The summed E-state index contributed by atoms with van der Waals surface area (Å²) < 4.78 is 5.03. The van der Waals surface area contributed by atoms with Crippen molar-refractivity contribution in [1.29, 1.82) is 0 Å². The highest BCUT2D eigenvalue weighted by atomic mass is 79.9. The van der Waals surface area contributed by atoms with Crippen molar-refractivity contribution in [3.05, 3.63) is 18.4 Å². The van der Waals surface area contributed by atoms with Gasteiger partial charge in [0.15, 0.2) is 0 Å². The first-order valence-corrected chi connectivity index (χ1v) is 7.34. The second kappa shape index (κ2) is 3.00. The summed E-state index contributed by atoms with van der Waals surface area (Å²) in [5.41, 5.74) is 0.958. The van der Waals surface area contributed by atoms with Crippen LogP contribution in [0.5, 0.6) is 0 Å². The SMILES string of the molecule is BrP(Br)c1ccco1. The first-order valence-electron chi connectivity index (χ1n) is 1.96.